The van der Waals surface area contributed by atoms with Crippen molar-refractivity contribution < 1.29 is 57.4 Å². The molecular formula is AgAlO8S2. The molecular weight excluding hydrogens is 327 g/mol. The first-order valence-electron chi connectivity index (χ1n) is 1.33. The Hall–Kier alpha value is 1.01. The van der Waals surface area contributed by atoms with Gasteiger partial charge in [0, 0.05) is 20.8 Å². The molecule has 8 nitrogen and oxygen atoms in total. The van der Waals surface area contributed by atoms with Crippen molar-refractivity contribution in [3.8, 4) is 0 Å². The molecule has 0 aromatic heterocycles. The zero-order valence-corrected chi connectivity index (χ0v) is 9.23. The van der Waals surface area contributed by atoms with Crippen LogP contribution in [0.5, 0.6) is 0 Å². The normalized spacial score (nSPS) is 9.67. The predicted octanol–water partition coefficient (Wildman–Crippen LogP) is -3.06. The minimum absolute atomic E-state index is 0. The third-order valence-corrected chi connectivity index (χ3v) is 0. The second-order valence-corrected chi connectivity index (χ2v) is 2.45. The van der Waals surface area contributed by atoms with Crippen LogP contribution < -0.4 is 0 Å². The van der Waals surface area contributed by atoms with Gasteiger partial charge in [-0.1, -0.05) is 0 Å². The van der Waals surface area contributed by atoms with Crippen LogP contribution in [0.4, 0.5) is 0 Å². The fraction of sp³-hybridized carbons (Fsp3) is 0. The Labute approximate surface area is 95.2 Å². The van der Waals surface area contributed by atoms with Gasteiger partial charge in [0.2, 0.25) is 0 Å². The molecule has 0 rings (SSSR count). The topological polar surface area (TPSA) is 161 Å². The number of rotatable bonds is 0. The van der Waals surface area contributed by atoms with Crippen molar-refractivity contribution in [2.75, 3.05) is 0 Å². The Balaban J connectivity index is -0.0000000457. The van der Waals surface area contributed by atoms with Gasteiger partial charge >= 0.3 is 39.7 Å². The zero-order chi connectivity index (χ0) is 9.00. The van der Waals surface area contributed by atoms with Crippen LogP contribution in [0.15, 0.2) is 0 Å². The van der Waals surface area contributed by atoms with Crippen molar-refractivity contribution in [3.05, 3.63) is 0 Å². The zero-order valence-electron chi connectivity index (χ0n) is 4.96. The minimum atomic E-state index is -5.17. The van der Waals surface area contributed by atoms with Gasteiger partial charge < -0.3 is 18.2 Å². The summed E-state index contributed by atoms with van der Waals surface area (Å²) in [7, 11) is -10.3. The van der Waals surface area contributed by atoms with Crippen LogP contribution >= 0.6 is 0 Å². The molecule has 0 unspecified atom stereocenters. The maximum absolute atomic E-state index is 8.52. The van der Waals surface area contributed by atoms with E-state index in [0.717, 1.165) is 0 Å². The maximum atomic E-state index is 8.52. The molecule has 0 radical (unpaired) electrons. The van der Waals surface area contributed by atoms with E-state index in [1.54, 1.807) is 0 Å². The third kappa shape index (κ3) is 1080. The van der Waals surface area contributed by atoms with Crippen molar-refractivity contribution in [1.82, 2.24) is 0 Å². The molecule has 0 saturated heterocycles. The fourth-order valence-corrected chi connectivity index (χ4v) is 0. The molecule has 0 aromatic carbocycles. The average Bonchev–Trinajstić information content (AvgIpc) is 1.12. The number of hydrogen-bond acceptors (Lipinski definition) is 8. The summed E-state index contributed by atoms with van der Waals surface area (Å²) in [5, 5.41) is 0. The minimum Gasteiger partial charge on any atom is -0.759 e. The summed E-state index contributed by atoms with van der Waals surface area (Å²) in [5.74, 6) is 0. The van der Waals surface area contributed by atoms with Crippen LogP contribution in [-0.4, -0.2) is 52.4 Å². The Morgan fingerprint density at radius 2 is 0.667 bits per heavy atom. The van der Waals surface area contributed by atoms with E-state index < -0.39 is 20.8 Å². The summed E-state index contributed by atoms with van der Waals surface area (Å²) in [6, 6.07) is 0. The van der Waals surface area contributed by atoms with Crippen LogP contribution in [0, 0.1) is 0 Å². The first-order chi connectivity index (χ1) is 4.00. The summed E-state index contributed by atoms with van der Waals surface area (Å²) < 4.78 is 68.2. The Morgan fingerprint density at radius 3 is 0.667 bits per heavy atom. The molecule has 0 heterocycles. The Kier molecular flexibility index (Phi) is 16.6. The van der Waals surface area contributed by atoms with Crippen molar-refractivity contribution in [1.29, 1.82) is 0 Å². The van der Waals surface area contributed by atoms with E-state index in [9.17, 15) is 0 Å². The molecule has 12 heteroatoms. The van der Waals surface area contributed by atoms with Crippen LogP contribution in [-0.2, 0) is 43.2 Å². The molecule has 0 aliphatic rings. The molecule has 0 aliphatic heterocycles. The van der Waals surface area contributed by atoms with E-state index in [4.69, 9.17) is 35.0 Å². The summed E-state index contributed by atoms with van der Waals surface area (Å²) in [6.07, 6.45) is 0. The summed E-state index contributed by atoms with van der Waals surface area (Å²) >= 11 is 0. The molecule has 0 atom stereocenters. The van der Waals surface area contributed by atoms with Crippen molar-refractivity contribution >= 4 is 38.2 Å². The molecule has 0 fully saturated rings. The first-order valence-corrected chi connectivity index (χ1v) is 4.00. The fourth-order valence-electron chi connectivity index (χ4n) is 0. The van der Waals surface area contributed by atoms with Gasteiger partial charge in [0.1, 0.15) is 0 Å². The first kappa shape index (κ1) is 23.1. The van der Waals surface area contributed by atoms with E-state index in [2.05, 4.69) is 0 Å². The molecule has 12 heavy (non-hydrogen) atoms. The molecule has 0 aliphatic carbocycles. The smallest absolute Gasteiger partial charge is 0.759 e. The van der Waals surface area contributed by atoms with Gasteiger partial charge in [0.05, 0.1) is 0 Å². The number of hydrogen-bond donors (Lipinski definition) is 0. The van der Waals surface area contributed by atoms with Gasteiger partial charge in [-0.2, -0.15) is 0 Å². The van der Waals surface area contributed by atoms with Crippen LogP contribution in [0.2, 0.25) is 0 Å². The standard InChI is InChI=1S/Ag.Al.2H2O4S/c;;2*1-5(2,3)4/h;;2*(H2,1,2,3,4)/q+1;+3;;/p-4. The quantitative estimate of drug-likeness (QED) is 0.257. The Bertz CT molecular complexity index is 213. The average molecular weight is 327 g/mol. The molecule has 0 N–H and O–H groups in total. The van der Waals surface area contributed by atoms with E-state index in [1.807, 2.05) is 0 Å². The summed E-state index contributed by atoms with van der Waals surface area (Å²) in [5.41, 5.74) is 0. The monoisotopic (exact) mass is 326 g/mol. The van der Waals surface area contributed by atoms with Gasteiger partial charge in [-0.3, -0.25) is 16.8 Å². The van der Waals surface area contributed by atoms with Crippen LogP contribution in [0.3, 0.4) is 0 Å². The van der Waals surface area contributed by atoms with Gasteiger partial charge in [-0.25, -0.2) is 0 Å². The molecule has 74 valence electrons. The van der Waals surface area contributed by atoms with E-state index >= 15 is 0 Å². The van der Waals surface area contributed by atoms with Crippen LogP contribution in [0.1, 0.15) is 0 Å². The molecule has 0 bridgehead atoms. The van der Waals surface area contributed by atoms with Crippen molar-refractivity contribution in [3.63, 3.8) is 0 Å². The van der Waals surface area contributed by atoms with Crippen molar-refractivity contribution in [2.24, 2.45) is 0 Å². The van der Waals surface area contributed by atoms with Crippen molar-refractivity contribution in [2.45, 2.75) is 0 Å². The summed E-state index contributed by atoms with van der Waals surface area (Å²) in [6.45, 7) is 0. The maximum Gasteiger partial charge on any atom is 3.00 e. The predicted molar refractivity (Wildman–Crippen MR) is 26.7 cm³/mol. The van der Waals surface area contributed by atoms with Gasteiger partial charge in [0.25, 0.3) is 0 Å². The van der Waals surface area contributed by atoms with E-state index in [0.29, 0.717) is 0 Å². The SMILES string of the molecule is O=S(=O)([O-])[O-].O=S(=O)([O-])[O-].[Ag+].[Al+3]. The molecule has 0 aromatic rings. The van der Waals surface area contributed by atoms with E-state index in [-0.39, 0.29) is 39.7 Å². The summed E-state index contributed by atoms with van der Waals surface area (Å²) in [4.78, 5) is 0. The van der Waals surface area contributed by atoms with Gasteiger partial charge in [-0.05, 0) is 0 Å². The molecule has 0 saturated carbocycles. The van der Waals surface area contributed by atoms with Gasteiger partial charge in [-0.15, -0.1) is 0 Å². The Morgan fingerprint density at radius 1 is 0.667 bits per heavy atom. The van der Waals surface area contributed by atoms with E-state index in [1.165, 1.54) is 0 Å². The second-order valence-electron chi connectivity index (χ2n) is 0.816. The second kappa shape index (κ2) is 8.60. The molecule has 0 spiro atoms. The molecule has 0 amide bonds. The van der Waals surface area contributed by atoms with Crippen LogP contribution in [0.25, 0.3) is 0 Å². The third-order valence-electron chi connectivity index (χ3n) is 0. The largest absolute Gasteiger partial charge is 3.00 e. The van der Waals surface area contributed by atoms with Gasteiger partial charge in [0.15, 0.2) is 0 Å².